The average molecular weight is 279 g/mol. The third-order valence-corrected chi connectivity index (χ3v) is 4.23. The third-order valence-electron chi connectivity index (χ3n) is 3.40. The number of halogens is 1. The van der Waals surface area contributed by atoms with Gasteiger partial charge >= 0.3 is 0 Å². The summed E-state index contributed by atoms with van der Waals surface area (Å²) in [6.07, 6.45) is 2.40. The zero-order valence-electron chi connectivity index (χ0n) is 9.33. The summed E-state index contributed by atoms with van der Waals surface area (Å²) in [5, 5.41) is 1.31. The van der Waals surface area contributed by atoms with E-state index >= 15 is 0 Å². The van der Waals surface area contributed by atoms with Crippen molar-refractivity contribution in [2.45, 2.75) is 32.4 Å². The van der Waals surface area contributed by atoms with Crippen molar-refractivity contribution in [2.24, 2.45) is 5.73 Å². The van der Waals surface area contributed by atoms with E-state index in [4.69, 9.17) is 5.73 Å². The number of para-hydroxylation sites is 1. The summed E-state index contributed by atoms with van der Waals surface area (Å²) in [7, 11) is 0. The van der Waals surface area contributed by atoms with Crippen LogP contribution in [0.5, 0.6) is 0 Å². The fourth-order valence-corrected chi connectivity index (χ4v) is 3.67. The van der Waals surface area contributed by atoms with Crippen LogP contribution >= 0.6 is 15.9 Å². The second-order valence-electron chi connectivity index (χ2n) is 4.56. The van der Waals surface area contributed by atoms with Gasteiger partial charge in [-0.15, -0.1) is 0 Å². The van der Waals surface area contributed by atoms with Crippen molar-refractivity contribution in [3.63, 3.8) is 0 Å². The molecular formula is C13H15BrN2. The molecular weight excluding hydrogens is 264 g/mol. The number of hydrogen-bond acceptors (Lipinski definition) is 1. The number of benzene rings is 1. The van der Waals surface area contributed by atoms with Gasteiger partial charge in [0, 0.05) is 28.1 Å². The van der Waals surface area contributed by atoms with Gasteiger partial charge in [0.1, 0.15) is 0 Å². The Labute approximate surface area is 104 Å². The minimum absolute atomic E-state index is 0.0766. The van der Waals surface area contributed by atoms with E-state index in [-0.39, 0.29) is 6.04 Å². The number of aryl methyl sites for hydroxylation is 2. The number of nitrogens with two attached hydrogens (primary N) is 1. The lowest BCUT2D eigenvalue weighted by Crippen LogP contribution is -2.15. The Morgan fingerprint density at radius 1 is 1.44 bits per heavy atom. The molecule has 16 heavy (non-hydrogen) atoms. The maximum atomic E-state index is 6.08. The fraction of sp³-hybridized carbons (Fsp3) is 0.385. The molecule has 0 saturated carbocycles. The molecule has 0 fully saturated rings. The van der Waals surface area contributed by atoms with Gasteiger partial charge in [-0.25, -0.2) is 0 Å². The van der Waals surface area contributed by atoms with Crippen molar-refractivity contribution in [3.05, 3.63) is 33.9 Å². The van der Waals surface area contributed by atoms with Crippen molar-refractivity contribution in [1.82, 2.24) is 4.57 Å². The lowest BCUT2D eigenvalue weighted by Gasteiger charge is -2.19. The van der Waals surface area contributed by atoms with E-state index in [9.17, 15) is 0 Å². The maximum Gasteiger partial charge on any atom is 0.0527 e. The first-order chi connectivity index (χ1) is 7.70. The molecule has 1 unspecified atom stereocenters. The lowest BCUT2D eigenvalue weighted by molar-refractivity contribution is 0.587. The van der Waals surface area contributed by atoms with E-state index in [0.717, 1.165) is 6.54 Å². The van der Waals surface area contributed by atoms with Gasteiger partial charge < -0.3 is 10.3 Å². The van der Waals surface area contributed by atoms with Gasteiger partial charge in [0.2, 0.25) is 0 Å². The standard InChI is InChI=1S/C13H15BrN2/c1-8(15)12-11(14)10-6-2-4-9-5-3-7-16(12)13(9)10/h2,4,6,8H,3,5,7,15H2,1H3. The van der Waals surface area contributed by atoms with Crippen molar-refractivity contribution in [1.29, 1.82) is 0 Å². The molecule has 1 aromatic heterocycles. The van der Waals surface area contributed by atoms with E-state index in [1.54, 1.807) is 0 Å². The highest BCUT2D eigenvalue weighted by Gasteiger charge is 2.22. The molecule has 0 spiro atoms. The predicted octanol–water partition coefficient (Wildman–Crippen LogP) is 3.37. The molecule has 1 aliphatic heterocycles. The van der Waals surface area contributed by atoms with Crippen molar-refractivity contribution in [3.8, 4) is 0 Å². The van der Waals surface area contributed by atoms with Crippen LogP contribution in [0.4, 0.5) is 0 Å². The Morgan fingerprint density at radius 2 is 2.25 bits per heavy atom. The number of aromatic nitrogens is 1. The Kier molecular flexibility index (Phi) is 2.33. The van der Waals surface area contributed by atoms with Crippen LogP contribution in [0.15, 0.2) is 22.7 Å². The van der Waals surface area contributed by atoms with Gasteiger partial charge in [-0.2, -0.15) is 0 Å². The van der Waals surface area contributed by atoms with Gasteiger partial charge in [-0.05, 0) is 41.3 Å². The smallest absolute Gasteiger partial charge is 0.0527 e. The number of rotatable bonds is 1. The molecule has 0 amide bonds. The molecule has 3 heteroatoms. The highest BCUT2D eigenvalue weighted by Crippen LogP contribution is 2.38. The predicted molar refractivity (Wildman–Crippen MR) is 70.6 cm³/mol. The fourth-order valence-electron chi connectivity index (χ4n) is 2.77. The maximum absolute atomic E-state index is 6.08. The van der Waals surface area contributed by atoms with Crippen LogP contribution in [0.1, 0.15) is 30.6 Å². The van der Waals surface area contributed by atoms with E-state index in [1.807, 2.05) is 0 Å². The summed E-state index contributed by atoms with van der Waals surface area (Å²) in [6, 6.07) is 6.63. The lowest BCUT2D eigenvalue weighted by atomic mass is 10.0. The highest BCUT2D eigenvalue weighted by molar-refractivity contribution is 9.10. The third kappa shape index (κ3) is 1.28. The van der Waals surface area contributed by atoms with Crippen LogP contribution in [0.3, 0.4) is 0 Å². The molecule has 2 N–H and O–H groups in total. The second kappa shape index (κ2) is 3.60. The van der Waals surface area contributed by atoms with E-state index in [0.29, 0.717) is 0 Å². The summed E-state index contributed by atoms with van der Waals surface area (Å²) < 4.78 is 3.57. The first-order valence-corrected chi connectivity index (χ1v) is 6.54. The van der Waals surface area contributed by atoms with Crippen LogP contribution in [-0.2, 0) is 13.0 Å². The highest BCUT2D eigenvalue weighted by atomic mass is 79.9. The second-order valence-corrected chi connectivity index (χ2v) is 5.35. The van der Waals surface area contributed by atoms with Gasteiger partial charge in [0.25, 0.3) is 0 Å². The summed E-state index contributed by atoms with van der Waals surface area (Å²) in [5.74, 6) is 0. The van der Waals surface area contributed by atoms with Crippen LogP contribution < -0.4 is 5.73 Å². The Bertz CT molecular complexity index is 555. The molecule has 1 aromatic carbocycles. The quantitative estimate of drug-likeness (QED) is 0.852. The van der Waals surface area contributed by atoms with Crippen molar-refractivity contribution in [2.75, 3.05) is 0 Å². The first kappa shape index (κ1) is 10.4. The zero-order chi connectivity index (χ0) is 11.3. The van der Waals surface area contributed by atoms with Crippen LogP contribution in [0, 0.1) is 0 Å². The Hall–Kier alpha value is -0.800. The topological polar surface area (TPSA) is 30.9 Å². The SMILES string of the molecule is CC(N)c1c(Br)c2cccc3c2n1CCC3. The largest absolute Gasteiger partial charge is 0.342 e. The van der Waals surface area contributed by atoms with Crippen molar-refractivity contribution >= 4 is 26.8 Å². The van der Waals surface area contributed by atoms with E-state index < -0.39 is 0 Å². The van der Waals surface area contributed by atoms with Gasteiger partial charge in [-0.3, -0.25) is 0 Å². The number of nitrogens with zero attached hydrogens (tertiary/aromatic N) is 1. The monoisotopic (exact) mass is 278 g/mol. The number of hydrogen-bond donors (Lipinski definition) is 1. The minimum Gasteiger partial charge on any atom is -0.342 e. The molecule has 2 heterocycles. The van der Waals surface area contributed by atoms with Gasteiger partial charge in [0.05, 0.1) is 5.52 Å². The normalized spacial score (nSPS) is 16.7. The molecule has 1 aliphatic rings. The summed E-state index contributed by atoms with van der Waals surface area (Å²) in [6.45, 7) is 3.15. The molecule has 2 aromatic rings. The van der Waals surface area contributed by atoms with Crippen LogP contribution in [-0.4, -0.2) is 4.57 Å². The summed E-state index contributed by atoms with van der Waals surface area (Å²) in [4.78, 5) is 0. The van der Waals surface area contributed by atoms with Crippen LogP contribution in [0.25, 0.3) is 10.9 Å². The molecule has 0 aliphatic carbocycles. The minimum atomic E-state index is 0.0766. The zero-order valence-corrected chi connectivity index (χ0v) is 10.9. The van der Waals surface area contributed by atoms with E-state index in [1.165, 1.54) is 39.5 Å². The average Bonchev–Trinajstić information content (AvgIpc) is 2.55. The molecule has 2 nitrogen and oxygen atoms in total. The summed E-state index contributed by atoms with van der Waals surface area (Å²) >= 11 is 3.71. The Balaban J connectivity index is 2.45. The molecule has 0 saturated heterocycles. The first-order valence-electron chi connectivity index (χ1n) is 5.75. The Morgan fingerprint density at radius 3 is 3.00 bits per heavy atom. The molecule has 84 valence electrons. The van der Waals surface area contributed by atoms with Crippen molar-refractivity contribution < 1.29 is 0 Å². The molecule has 1 atom stereocenters. The van der Waals surface area contributed by atoms with Gasteiger partial charge in [0.15, 0.2) is 0 Å². The summed E-state index contributed by atoms with van der Waals surface area (Å²) in [5.41, 5.74) is 10.2. The molecule has 0 bridgehead atoms. The van der Waals surface area contributed by atoms with Crippen LogP contribution in [0.2, 0.25) is 0 Å². The molecule has 3 rings (SSSR count). The van der Waals surface area contributed by atoms with E-state index in [2.05, 4.69) is 45.6 Å². The molecule has 0 radical (unpaired) electrons. The van der Waals surface area contributed by atoms with Gasteiger partial charge in [-0.1, -0.05) is 18.2 Å².